The van der Waals surface area contributed by atoms with Crippen molar-refractivity contribution in [1.29, 1.82) is 0 Å². The van der Waals surface area contributed by atoms with Crippen molar-refractivity contribution >= 4 is 17.5 Å². The van der Waals surface area contributed by atoms with Crippen molar-refractivity contribution in [2.75, 3.05) is 17.2 Å². The van der Waals surface area contributed by atoms with Gasteiger partial charge in [0.2, 0.25) is 5.95 Å². The summed E-state index contributed by atoms with van der Waals surface area (Å²) in [7, 11) is 0. The molecule has 1 amide bonds. The number of rotatable bonds is 6. The molecule has 0 aliphatic carbocycles. The maximum Gasteiger partial charge on any atom is 0.255 e. The van der Waals surface area contributed by atoms with E-state index in [4.69, 9.17) is 4.74 Å². The van der Waals surface area contributed by atoms with E-state index in [0.717, 1.165) is 40.2 Å². The molecule has 0 spiro atoms. The van der Waals surface area contributed by atoms with Gasteiger partial charge >= 0.3 is 0 Å². The van der Waals surface area contributed by atoms with Crippen LogP contribution in [0, 0.1) is 13.8 Å². The zero-order valence-corrected chi connectivity index (χ0v) is 18.3. The maximum atomic E-state index is 13.5. The summed E-state index contributed by atoms with van der Waals surface area (Å²) in [6.45, 7) is 8.67. The number of anilines is 2. The molecule has 0 saturated heterocycles. The van der Waals surface area contributed by atoms with Crippen LogP contribution < -0.4 is 15.4 Å². The number of carbonyl (C=O) groups is 1. The van der Waals surface area contributed by atoms with Crippen LogP contribution in [0.4, 0.5) is 11.6 Å². The molecule has 7 nitrogen and oxygen atoms in total. The third-order valence-corrected chi connectivity index (χ3v) is 5.56. The molecule has 1 aliphatic heterocycles. The fraction of sp³-hybridized carbons (Fsp3) is 0.292. The molecule has 1 aliphatic rings. The summed E-state index contributed by atoms with van der Waals surface area (Å²) < 4.78 is 7.46. The normalized spacial score (nSPS) is 15.3. The first kappa shape index (κ1) is 20.7. The number of hydrogen-bond acceptors (Lipinski definition) is 5. The number of fused-ring (bicyclic) bond motifs is 1. The van der Waals surface area contributed by atoms with Gasteiger partial charge in [-0.25, -0.2) is 4.68 Å². The molecule has 0 fully saturated rings. The zero-order chi connectivity index (χ0) is 22.0. The van der Waals surface area contributed by atoms with Gasteiger partial charge in [-0.15, -0.1) is 0 Å². The molecule has 160 valence electrons. The van der Waals surface area contributed by atoms with Gasteiger partial charge in [-0.1, -0.05) is 31.2 Å². The lowest BCUT2D eigenvalue weighted by Crippen LogP contribution is -2.31. The van der Waals surface area contributed by atoms with E-state index in [-0.39, 0.29) is 5.91 Å². The highest BCUT2D eigenvalue weighted by Gasteiger charge is 2.33. The molecule has 0 bridgehead atoms. The molecule has 31 heavy (non-hydrogen) atoms. The van der Waals surface area contributed by atoms with Crippen LogP contribution >= 0.6 is 0 Å². The number of carbonyl (C=O) groups excluding carboxylic acids is 1. The lowest BCUT2D eigenvalue weighted by molar-refractivity contribution is -0.113. The van der Waals surface area contributed by atoms with E-state index in [1.54, 1.807) is 4.68 Å². The summed E-state index contributed by atoms with van der Waals surface area (Å²) in [5, 5.41) is 10.7. The van der Waals surface area contributed by atoms with Crippen molar-refractivity contribution in [2.45, 2.75) is 40.2 Å². The SMILES string of the molecule is CCCOc1ccc(C2C(C(=O)Nc3cccc(C)c3C)=C(C)Nc3ncnn32)cc1. The fourth-order valence-corrected chi connectivity index (χ4v) is 3.74. The minimum atomic E-state index is -0.399. The van der Waals surface area contributed by atoms with Gasteiger partial charge in [0.25, 0.3) is 5.91 Å². The summed E-state index contributed by atoms with van der Waals surface area (Å²) in [5.41, 5.74) is 5.26. The Morgan fingerprint density at radius 1 is 1.16 bits per heavy atom. The first-order chi connectivity index (χ1) is 15.0. The third-order valence-electron chi connectivity index (χ3n) is 5.56. The first-order valence-corrected chi connectivity index (χ1v) is 10.5. The summed E-state index contributed by atoms with van der Waals surface area (Å²) in [6, 6.07) is 13.3. The lowest BCUT2D eigenvalue weighted by Gasteiger charge is -2.29. The molecular weight excluding hydrogens is 390 g/mol. The Kier molecular flexibility index (Phi) is 5.75. The average Bonchev–Trinajstić information content (AvgIpc) is 3.23. The van der Waals surface area contributed by atoms with Crippen molar-refractivity contribution in [1.82, 2.24) is 14.8 Å². The van der Waals surface area contributed by atoms with E-state index in [0.29, 0.717) is 18.1 Å². The van der Waals surface area contributed by atoms with Crippen LogP contribution in [0.25, 0.3) is 0 Å². The Bertz CT molecular complexity index is 1130. The maximum absolute atomic E-state index is 13.5. The molecule has 1 aromatic heterocycles. The molecule has 0 saturated carbocycles. The molecule has 2 aromatic carbocycles. The topological polar surface area (TPSA) is 81.1 Å². The van der Waals surface area contributed by atoms with Crippen molar-refractivity contribution in [3.63, 3.8) is 0 Å². The second-order valence-electron chi connectivity index (χ2n) is 7.71. The summed E-state index contributed by atoms with van der Waals surface area (Å²) in [4.78, 5) is 17.8. The van der Waals surface area contributed by atoms with E-state index in [9.17, 15) is 4.79 Å². The molecule has 4 rings (SSSR count). The largest absolute Gasteiger partial charge is 0.494 e. The van der Waals surface area contributed by atoms with E-state index in [2.05, 4.69) is 27.6 Å². The van der Waals surface area contributed by atoms with Crippen molar-refractivity contribution in [2.24, 2.45) is 0 Å². The number of amides is 1. The Morgan fingerprint density at radius 2 is 1.94 bits per heavy atom. The number of aryl methyl sites for hydroxylation is 1. The van der Waals surface area contributed by atoms with Crippen LogP contribution in [0.3, 0.4) is 0 Å². The van der Waals surface area contributed by atoms with E-state index in [1.807, 2.05) is 63.2 Å². The molecule has 0 radical (unpaired) electrons. The fourth-order valence-electron chi connectivity index (χ4n) is 3.74. The van der Waals surface area contributed by atoms with Crippen LogP contribution in [0.15, 0.2) is 60.1 Å². The highest BCUT2D eigenvalue weighted by atomic mass is 16.5. The van der Waals surface area contributed by atoms with Gasteiger partial charge in [0.05, 0.1) is 12.2 Å². The Labute approximate surface area is 182 Å². The standard InChI is InChI=1S/C24H27N5O2/c1-5-13-31-19-11-9-18(10-12-19)22-21(17(4)27-24-25-14-26-29(22)24)23(30)28-20-8-6-7-15(2)16(20)3/h6-12,14,22H,5,13H2,1-4H3,(H,28,30)(H,25,26,27). The van der Waals surface area contributed by atoms with Gasteiger partial charge in [-0.05, 0) is 62.1 Å². The van der Waals surface area contributed by atoms with Crippen LogP contribution in [-0.4, -0.2) is 27.3 Å². The number of ether oxygens (including phenoxy) is 1. The predicted octanol–water partition coefficient (Wildman–Crippen LogP) is 4.61. The minimum Gasteiger partial charge on any atom is -0.494 e. The Morgan fingerprint density at radius 3 is 2.68 bits per heavy atom. The number of nitrogens with zero attached hydrogens (tertiary/aromatic N) is 3. The summed E-state index contributed by atoms with van der Waals surface area (Å²) in [5.74, 6) is 1.24. The van der Waals surface area contributed by atoms with Crippen LogP contribution in [0.2, 0.25) is 0 Å². The van der Waals surface area contributed by atoms with Crippen LogP contribution in [-0.2, 0) is 4.79 Å². The second kappa shape index (κ2) is 8.63. The van der Waals surface area contributed by atoms with Gasteiger partial charge < -0.3 is 15.4 Å². The number of hydrogen-bond donors (Lipinski definition) is 2. The van der Waals surface area contributed by atoms with Gasteiger partial charge in [-0.2, -0.15) is 10.1 Å². The number of aromatic nitrogens is 3. The van der Waals surface area contributed by atoms with E-state index < -0.39 is 6.04 Å². The quantitative estimate of drug-likeness (QED) is 0.612. The van der Waals surface area contributed by atoms with Crippen LogP contribution in [0.5, 0.6) is 5.75 Å². The molecular formula is C24H27N5O2. The highest BCUT2D eigenvalue weighted by Crippen LogP contribution is 2.36. The summed E-state index contributed by atoms with van der Waals surface area (Å²) >= 11 is 0. The van der Waals surface area contributed by atoms with Crippen molar-refractivity contribution in [3.05, 3.63) is 76.8 Å². The monoisotopic (exact) mass is 417 g/mol. The molecule has 1 unspecified atom stereocenters. The second-order valence-corrected chi connectivity index (χ2v) is 7.71. The minimum absolute atomic E-state index is 0.170. The smallest absolute Gasteiger partial charge is 0.255 e. The van der Waals surface area contributed by atoms with Gasteiger partial charge in [0.15, 0.2) is 0 Å². The number of allylic oxidation sites excluding steroid dienone is 1. The molecule has 3 aromatic rings. The third kappa shape index (κ3) is 4.03. The van der Waals surface area contributed by atoms with Gasteiger partial charge in [0, 0.05) is 11.4 Å². The van der Waals surface area contributed by atoms with Crippen LogP contribution in [0.1, 0.15) is 43.0 Å². The number of benzene rings is 2. The molecule has 2 heterocycles. The van der Waals surface area contributed by atoms with Gasteiger partial charge in [-0.3, -0.25) is 4.79 Å². The van der Waals surface area contributed by atoms with Crippen molar-refractivity contribution < 1.29 is 9.53 Å². The summed E-state index contributed by atoms with van der Waals surface area (Å²) in [6.07, 6.45) is 2.44. The van der Waals surface area contributed by atoms with Crippen molar-refractivity contribution in [3.8, 4) is 5.75 Å². The van der Waals surface area contributed by atoms with Gasteiger partial charge in [0.1, 0.15) is 18.1 Å². The Balaban J connectivity index is 1.70. The van der Waals surface area contributed by atoms with E-state index in [1.165, 1.54) is 6.33 Å². The molecule has 7 heteroatoms. The van der Waals surface area contributed by atoms with E-state index >= 15 is 0 Å². The predicted molar refractivity (Wildman–Crippen MR) is 121 cm³/mol. The zero-order valence-electron chi connectivity index (χ0n) is 18.3. The number of nitrogens with one attached hydrogen (secondary N) is 2. The molecule has 2 N–H and O–H groups in total. The first-order valence-electron chi connectivity index (χ1n) is 10.5. The molecule has 1 atom stereocenters. The Hall–Kier alpha value is -3.61. The lowest BCUT2D eigenvalue weighted by atomic mass is 9.94. The highest BCUT2D eigenvalue weighted by molar-refractivity contribution is 6.06. The average molecular weight is 418 g/mol.